The molecule has 2 aromatic rings. The number of hydrogen-bond donors (Lipinski definition) is 2. The van der Waals surface area contributed by atoms with Crippen molar-refractivity contribution in [3.8, 4) is 0 Å². The maximum absolute atomic E-state index is 13.8. The van der Waals surface area contributed by atoms with Gasteiger partial charge in [-0.3, -0.25) is 9.59 Å². The molecule has 0 radical (unpaired) electrons. The third-order valence-corrected chi connectivity index (χ3v) is 7.75. The van der Waals surface area contributed by atoms with E-state index in [0.717, 1.165) is 0 Å². The van der Waals surface area contributed by atoms with Gasteiger partial charge in [-0.05, 0) is 68.7 Å². The van der Waals surface area contributed by atoms with Crippen molar-refractivity contribution in [1.29, 1.82) is 0 Å². The zero-order valence-electron chi connectivity index (χ0n) is 22.4. The summed E-state index contributed by atoms with van der Waals surface area (Å²) in [6.07, 6.45) is -11.7. The first-order valence-electron chi connectivity index (χ1n) is 12.9. The van der Waals surface area contributed by atoms with Crippen LogP contribution in [0.3, 0.4) is 0 Å². The number of carbonyl (C=O) groups is 2. The van der Waals surface area contributed by atoms with Crippen LogP contribution in [-0.4, -0.2) is 47.0 Å². The summed E-state index contributed by atoms with van der Waals surface area (Å²) in [5.41, 5.74) is 1.68. The number of benzene rings is 2. The van der Waals surface area contributed by atoms with Gasteiger partial charge in [-0.15, -0.1) is 0 Å². The molecule has 2 heterocycles. The summed E-state index contributed by atoms with van der Waals surface area (Å²) < 4.78 is 101. The maximum Gasteiger partial charge on any atom is 0.416 e. The molecule has 0 saturated carbocycles. The van der Waals surface area contributed by atoms with Crippen LogP contribution in [0.2, 0.25) is 0 Å². The second-order valence-corrected chi connectivity index (χ2v) is 11.1. The molecule has 2 saturated heterocycles. The fourth-order valence-corrected chi connectivity index (χ4v) is 5.64. The number of rotatable bonds is 7. The van der Waals surface area contributed by atoms with E-state index in [4.69, 9.17) is 10.5 Å². The minimum atomic E-state index is -5.02. The smallest absolute Gasteiger partial charge is 0.368 e. The second-order valence-electron chi connectivity index (χ2n) is 11.1. The number of ether oxygens (including phenoxy) is 1. The Hall–Kier alpha value is -3.19. The van der Waals surface area contributed by atoms with Gasteiger partial charge in [0, 0.05) is 31.0 Å². The summed E-state index contributed by atoms with van der Waals surface area (Å²) in [4.78, 5) is 26.6. The Kier molecular flexibility index (Phi) is 8.18. The van der Waals surface area contributed by atoms with E-state index in [2.05, 4.69) is 5.32 Å². The van der Waals surface area contributed by atoms with Gasteiger partial charge in [0.05, 0.1) is 28.9 Å². The molecule has 3 N–H and O–H groups in total. The molecule has 0 aromatic heterocycles. The molecule has 2 aromatic carbocycles. The molecular weight excluding hydrogens is 559 g/mol. The van der Waals surface area contributed by atoms with Crippen molar-refractivity contribution in [2.45, 2.75) is 81.7 Å². The highest BCUT2D eigenvalue weighted by Crippen LogP contribution is 2.44. The first kappa shape index (κ1) is 30.8. The van der Waals surface area contributed by atoms with E-state index < -0.39 is 71.0 Å². The van der Waals surface area contributed by atoms with E-state index in [9.17, 15) is 40.3 Å². The number of alkyl halides is 6. The van der Waals surface area contributed by atoms with Crippen LogP contribution in [0.25, 0.3) is 0 Å². The number of nitrogens with zero attached hydrogens (tertiary/aromatic N) is 1. The van der Waals surface area contributed by atoms with Crippen molar-refractivity contribution in [3.05, 3.63) is 70.5 Å². The fourth-order valence-electron chi connectivity index (χ4n) is 5.64. The number of hydrogen-bond acceptors (Lipinski definition) is 4. The molecule has 0 bridgehead atoms. The van der Waals surface area contributed by atoms with Crippen molar-refractivity contribution in [2.24, 2.45) is 5.73 Å². The molecule has 224 valence electrons. The Balaban J connectivity index is 1.68. The normalized spacial score (nSPS) is 24.3. The Labute approximate surface area is 232 Å². The number of piperidine rings is 1. The number of amides is 2. The van der Waals surface area contributed by atoms with Crippen LogP contribution in [0.1, 0.15) is 67.9 Å². The van der Waals surface area contributed by atoms with Crippen LogP contribution in [0.5, 0.6) is 0 Å². The number of primary amides is 1. The lowest BCUT2D eigenvalue weighted by Crippen LogP contribution is -2.59. The third-order valence-electron chi connectivity index (χ3n) is 7.75. The third kappa shape index (κ3) is 6.66. The highest BCUT2D eigenvalue weighted by molar-refractivity contribution is 5.84. The monoisotopic (exact) mass is 589 g/mol. The summed E-state index contributed by atoms with van der Waals surface area (Å²) in [6, 6.07) is 5.77. The molecule has 2 amide bonds. The Morgan fingerprint density at radius 1 is 1.02 bits per heavy atom. The van der Waals surface area contributed by atoms with Crippen LogP contribution < -0.4 is 11.1 Å². The average Bonchev–Trinajstić information content (AvgIpc) is 3.21. The molecule has 4 rings (SSSR count). The van der Waals surface area contributed by atoms with Gasteiger partial charge in [0.25, 0.3) is 0 Å². The zero-order valence-corrected chi connectivity index (χ0v) is 22.4. The molecule has 0 spiro atoms. The predicted octanol–water partition coefficient (Wildman–Crippen LogP) is 5.32. The van der Waals surface area contributed by atoms with E-state index in [1.54, 1.807) is 18.7 Å². The van der Waals surface area contributed by atoms with Gasteiger partial charge in [0.2, 0.25) is 11.8 Å². The SMILES string of the molecule is CC(O[C@H]1CN2C(=O)CC(NC(C)(C)C(N)=O)C[C@H]2[C@@H]1c1ccc(F)cc1)c1cc(C(F)(F)F)cc(C(F)(F)F)c1. The topological polar surface area (TPSA) is 84.7 Å². The fraction of sp³-hybridized carbons (Fsp3) is 0.500. The minimum absolute atomic E-state index is 0.0207. The highest BCUT2D eigenvalue weighted by Gasteiger charge is 2.50. The van der Waals surface area contributed by atoms with Gasteiger partial charge >= 0.3 is 12.4 Å². The van der Waals surface area contributed by atoms with E-state index in [0.29, 0.717) is 24.1 Å². The molecule has 13 heteroatoms. The zero-order chi connectivity index (χ0) is 30.5. The minimum Gasteiger partial charge on any atom is -0.368 e. The van der Waals surface area contributed by atoms with Crippen LogP contribution in [0, 0.1) is 5.82 Å². The first-order valence-corrected chi connectivity index (χ1v) is 12.9. The van der Waals surface area contributed by atoms with Crippen molar-refractivity contribution in [3.63, 3.8) is 0 Å². The number of fused-ring (bicyclic) bond motifs is 1. The van der Waals surface area contributed by atoms with Crippen LogP contribution in [0.15, 0.2) is 42.5 Å². The molecule has 2 unspecified atom stereocenters. The number of halogens is 7. The van der Waals surface area contributed by atoms with Gasteiger partial charge in [-0.1, -0.05) is 12.1 Å². The molecule has 6 nitrogen and oxygen atoms in total. The highest BCUT2D eigenvalue weighted by atomic mass is 19.4. The Bertz CT molecular complexity index is 1260. The van der Waals surface area contributed by atoms with Crippen LogP contribution in [0.4, 0.5) is 30.7 Å². The summed E-state index contributed by atoms with van der Waals surface area (Å²) >= 11 is 0. The average molecular weight is 590 g/mol. The molecule has 41 heavy (non-hydrogen) atoms. The van der Waals surface area contributed by atoms with E-state index in [1.165, 1.54) is 31.2 Å². The molecule has 0 aliphatic carbocycles. The number of nitrogens with one attached hydrogen (secondary N) is 1. The lowest BCUT2D eigenvalue weighted by atomic mass is 9.83. The number of nitrogens with two attached hydrogens (primary N) is 1. The Morgan fingerprint density at radius 2 is 1.59 bits per heavy atom. The first-order chi connectivity index (χ1) is 18.9. The van der Waals surface area contributed by atoms with Gasteiger partial charge in [-0.2, -0.15) is 26.3 Å². The quantitative estimate of drug-likeness (QED) is 0.429. The van der Waals surface area contributed by atoms with Crippen LogP contribution in [-0.2, 0) is 26.7 Å². The lowest BCUT2D eigenvalue weighted by molar-refractivity contribution is -0.143. The summed E-state index contributed by atoms with van der Waals surface area (Å²) in [7, 11) is 0. The standard InChI is InChI=1S/C28H30F7N3O3/c1-14(16-8-17(27(30,31)32)10-18(9-16)28(33,34)35)41-22-13-38-21(24(22)15-4-6-19(29)7-5-15)11-20(12-23(38)39)37-26(2,3)25(36)40/h4-10,14,20-22,24,37H,11-13H2,1-3H3,(H2,36,40)/t14?,20?,21-,22-,24-/m0/s1. The van der Waals surface area contributed by atoms with Crippen molar-refractivity contribution in [1.82, 2.24) is 10.2 Å². The van der Waals surface area contributed by atoms with Gasteiger partial charge in [0.15, 0.2) is 0 Å². The van der Waals surface area contributed by atoms with E-state index in [-0.39, 0.29) is 30.5 Å². The van der Waals surface area contributed by atoms with Gasteiger partial charge < -0.3 is 20.7 Å². The second kappa shape index (κ2) is 10.9. The maximum atomic E-state index is 13.8. The predicted molar refractivity (Wildman–Crippen MR) is 134 cm³/mol. The molecule has 2 fully saturated rings. The van der Waals surface area contributed by atoms with Gasteiger partial charge in [-0.25, -0.2) is 4.39 Å². The summed E-state index contributed by atoms with van der Waals surface area (Å²) in [5, 5.41) is 3.11. The lowest BCUT2D eigenvalue weighted by Gasteiger charge is -2.39. The Morgan fingerprint density at radius 3 is 2.10 bits per heavy atom. The molecule has 2 aliphatic heterocycles. The van der Waals surface area contributed by atoms with Crippen molar-refractivity contribution >= 4 is 11.8 Å². The van der Waals surface area contributed by atoms with Gasteiger partial charge in [0.1, 0.15) is 5.82 Å². The number of carbonyl (C=O) groups excluding carboxylic acids is 2. The molecular formula is C28H30F7N3O3. The molecule has 2 aliphatic rings. The summed E-state index contributed by atoms with van der Waals surface area (Å²) in [6.45, 7) is 4.52. The largest absolute Gasteiger partial charge is 0.416 e. The van der Waals surface area contributed by atoms with E-state index in [1.807, 2.05) is 0 Å². The van der Waals surface area contributed by atoms with Crippen LogP contribution >= 0.6 is 0 Å². The van der Waals surface area contributed by atoms with Crippen molar-refractivity contribution in [2.75, 3.05) is 6.54 Å². The van der Waals surface area contributed by atoms with E-state index >= 15 is 0 Å². The molecule has 5 atom stereocenters. The summed E-state index contributed by atoms with van der Waals surface area (Å²) in [5.74, 6) is -2.00. The van der Waals surface area contributed by atoms with Crippen molar-refractivity contribution < 1.29 is 45.1 Å².